The van der Waals surface area contributed by atoms with E-state index in [1.54, 1.807) is 24.3 Å². The number of hydrogen-bond acceptors (Lipinski definition) is 4. The molecule has 10 heteroatoms. The van der Waals surface area contributed by atoms with Crippen molar-refractivity contribution < 1.29 is 26.4 Å². The lowest BCUT2D eigenvalue weighted by Crippen LogP contribution is -2.38. The Kier molecular flexibility index (Phi) is 5.23. The highest BCUT2D eigenvalue weighted by molar-refractivity contribution is 7.89. The van der Waals surface area contributed by atoms with Gasteiger partial charge in [0.15, 0.2) is 0 Å². The fourth-order valence-electron chi connectivity index (χ4n) is 3.77. The molecule has 1 atom stereocenters. The highest BCUT2D eigenvalue weighted by Crippen LogP contribution is 2.37. The van der Waals surface area contributed by atoms with Crippen molar-refractivity contribution in [2.24, 2.45) is 0 Å². The lowest BCUT2D eigenvalue weighted by molar-refractivity contribution is -0.137. The number of amides is 1. The molecule has 1 saturated carbocycles. The van der Waals surface area contributed by atoms with E-state index in [9.17, 15) is 26.4 Å². The summed E-state index contributed by atoms with van der Waals surface area (Å²) in [5, 5.41) is 5.77. The summed E-state index contributed by atoms with van der Waals surface area (Å²) in [7, 11) is -4.00. The number of sulfonamides is 1. The van der Waals surface area contributed by atoms with Crippen LogP contribution in [0.1, 0.15) is 53.3 Å². The van der Waals surface area contributed by atoms with Gasteiger partial charge in [0.25, 0.3) is 5.91 Å². The molecule has 1 fully saturated rings. The Bertz CT molecular complexity index is 1060. The molecule has 6 nitrogen and oxygen atoms in total. The number of alkyl halides is 3. The van der Waals surface area contributed by atoms with Crippen LogP contribution in [0.2, 0.25) is 0 Å². The molecule has 1 heterocycles. The first kappa shape index (κ1) is 20.7. The van der Waals surface area contributed by atoms with Gasteiger partial charge in [-0.15, -0.1) is 0 Å². The summed E-state index contributed by atoms with van der Waals surface area (Å²) in [6, 6.07) is 8.89. The first-order valence-electron chi connectivity index (χ1n) is 9.54. The summed E-state index contributed by atoms with van der Waals surface area (Å²) in [5.41, 5.74) is -0.164. The fraction of sp³-hybridized carbons (Fsp3) is 0.350. The molecule has 2 aliphatic rings. The second-order valence-electron chi connectivity index (χ2n) is 7.48. The van der Waals surface area contributed by atoms with Crippen molar-refractivity contribution >= 4 is 21.6 Å². The van der Waals surface area contributed by atoms with Gasteiger partial charge >= 0.3 is 6.18 Å². The van der Waals surface area contributed by atoms with Gasteiger partial charge in [0.2, 0.25) is 10.0 Å². The minimum atomic E-state index is -4.59. The SMILES string of the molecule is O=C(NC1CCCC1)c1ccc(C2Nc3cc(C(F)(F)F)ccc3S(=O)(=O)N2)cc1. The number of carbonyl (C=O) groups is 1. The third kappa shape index (κ3) is 4.15. The minimum Gasteiger partial charge on any atom is -0.364 e. The maximum Gasteiger partial charge on any atom is 0.416 e. The van der Waals surface area contributed by atoms with Gasteiger partial charge in [0.1, 0.15) is 11.1 Å². The topological polar surface area (TPSA) is 87.3 Å². The molecule has 4 rings (SSSR count). The van der Waals surface area contributed by atoms with E-state index in [1.807, 2.05) is 0 Å². The third-order valence-corrected chi connectivity index (χ3v) is 6.85. The molecule has 1 aliphatic heterocycles. The van der Waals surface area contributed by atoms with Gasteiger partial charge in [-0.3, -0.25) is 4.79 Å². The fourth-order valence-corrected chi connectivity index (χ4v) is 5.06. The highest BCUT2D eigenvalue weighted by atomic mass is 32.2. The summed E-state index contributed by atoms with van der Waals surface area (Å²) < 4.78 is 66.4. The summed E-state index contributed by atoms with van der Waals surface area (Å²) in [5.74, 6) is -0.203. The smallest absolute Gasteiger partial charge is 0.364 e. The van der Waals surface area contributed by atoms with Crippen molar-refractivity contribution in [2.45, 2.75) is 49.0 Å². The lowest BCUT2D eigenvalue weighted by Gasteiger charge is -2.29. The minimum absolute atomic E-state index is 0.128. The molecule has 1 amide bonds. The molecular weight excluding hydrogens is 419 g/mol. The standard InChI is InChI=1S/C20H20F3N3O3S/c21-20(22,23)14-9-10-17-16(11-14)25-18(26-30(17,28)29)12-5-7-13(8-6-12)19(27)24-15-3-1-2-4-15/h5-11,15,18,25-26H,1-4H2,(H,24,27). The van der Waals surface area contributed by atoms with Gasteiger partial charge in [-0.2, -0.15) is 17.9 Å². The molecule has 1 unspecified atom stereocenters. The Balaban J connectivity index is 1.55. The average molecular weight is 439 g/mol. The van der Waals surface area contributed by atoms with Crippen LogP contribution in [-0.4, -0.2) is 20.4 Å². The van der Waals surface area contributed by atoms with Crippen LogP contribution in [0.25, 0.3) is 0 Å². The zero-order valence-electron chi connectivity index (χ0n) is 15.8. The summed E-state index contributed by atoms with van der Waals surface area (Å²) >= 11 is 0. The predicted octanol–water partition coefficient (Wildman–Crippen LogP) is 3.78. The quantitative estimate of drug-likeness (QED) is 0.679. The van der Waals surface area contributed by atoms with Crippen molar-refractivity contribution in [3.8, 4) is 0 Å². The number of carbonyl (C=O) groups excluding carboxylic acids is 1. The van der Waals surface area contributed by atoms with E-state index in [-0.39, 0.29) is 22.5 Å². The molecule has 0 aromatic heterocycles. The second kappa shape index (κ2) is 7.59. The van der Waals surface area contributed by atoms with Gasteiger partial charge in [-0.25, -0.2) is 8.42 Å². The average Bonchev–Trinajstić information content (AvgIpc) is 3.19. The van der Waals surface area contributed by atoms with E-state index < -0.39 is 27.9 Å². The predicted molar refractivity (Wildman–Crippen MR) is 104 cm³/mol. The van der Waals surface area contributed by atoms with Crippen molar-refractivity contribution in [3.05, 3.63) is 59.2 Å². The zero-order chi connectivity index (χ0) is 21.5. The van der Waals surface area contributed by atoms with E-state index in [0.29, 0.717) is 11.1 Å². The largest absolute Gasteiger partial charge is 0.416 e. The molecule has 1 aliphatic carbocycles. The van der Waals surface area contributed by atoms with E-state index in [4.69, 9.17) is 0 Å². The Morgan fingerprint density at radius 1 is 1.03 bits per heavy atom. The van der Waals surface area contributed by atoms with Gasteiger partial charge in [0.05, 0.1) is 11.3 Å². The molecule has 160 valence electrons. The summed E-state index contributed by atoms with van der Waals surface area (Å²) in [6.45, 7) is 0. The number of nitrogens with one attached hydrogen (secondary N) is 3. The van der Waals surface area contributed by atoms with Crippen LogP contribution in [0.15, 0.2) is 47.4 Å². The Morgan fingerprint density at radius 3 is 2.33 bits per heavy atom. The van der Waals surface area contributed by atoms with Crippen LogP contribution >= 0.6 is 0 Å². The first-order chi connectivity index (χ1) is 14.1. The van der Waals surface area contributed by atoms with Crippen LogP contribution in [0, 0.1) is 0 Å². The molecule has 0 bridgehead atoms. The van der Waals surface area contributed by atoms with Gasteiger partial charge < -0.3 is 10.6 Å². The third-order valence-electron chi connectivity index (χ3n) is 5.37. The maximum absolute atomic E-state index is 13.0. The lowest BCUT2D eigenvalue weighted by atomic mass is 10.1. The molecule has 2 aromatic rings. The van der Waals surface area contributed by atoms with Crippen molar-refractivity contribution in [1.82, 2.24) is 10.0 Å². The molecule has 30 heavy (non-hydrogen) atoms. The molecular formula is C20H20F3N3O3S. The van der Waals surface area contributed by atoms with Crippen LogP contribution in [0.5, 0.6) is 0 Å². The van der Waals surface area contributed by atoms with E-state index >= 15 is 0 Å². The monoisotopic (exact) mass is 439 g/mol. The zero-order valence-corrected chi connectivity index (χ0v) is 16.6. The summed E-state index contributed by atoms with van der Waals surface area (Å²) in [6.07, 6.45) is -1.45. The first-order valence-corrected chi connectivity index (χ1v) is 11.0. The molecule has 0 radical (unpaired) electrons. The molecule has 0 spiro atoms. The van der Waals surface area contributed by atoms with Crippen molar-refractivity contribution in [2.75, 3.05) is 5.32 Å². The number of hydrogen-bond donors (Lipinski definition) is 3. The number of anilines is 1. The summed E-state index contributed by atoms with van der Waals surface area (Å²) in [4.78, 5) is 12.1. The van der Waals surface area contributed by atoms with Crippen LogP contribution < -0.4 is 15.4 Å². The Hall–Kier alpha value is -2.59. The van der Waals surface area contributed by atoms with E-state index in [0.717, 1.165) is 43.9 Å². The van der Waals surface area contributed by atoms with Crippen LogP contribution in [0.4, 0.5) is 18.9 Å². The molecule has 3 N–H and O–H groups in total. The van der Waals surface area contributed by atoms with Crippen molar-refractivity contribution in [3.63, 3.8) is 0 Å². The second-order valence-corrected chi connectivity index (χ2v) is 9.17. The Labute approximate surface area is 171 Å². The van der Waals surface area contributed by atoms with Gasteiger partial charge in [-0.05, 0) is 48.7 Å². The normalized spacial score (nSPS) is 21.0. The van der Waals surface area contributed by atoms with E-state index in [2.05, 4.69) is 15.4 Å². The molecule has 2 aromatic carbocycles. The molecule has 0 saturated heterocycles. The number of rotatable bonds is 3. The van der Waals surface area contributed by atoms with Gasteiger partial charge in [0, 0.05) is 11.6 Å². The van der Waals surface area contributed by atoms with Gasteiger partial charge in [-0.1, -0.05) is 25.0 Å². The Morgan fingerprint density at radius 2 is 1.70 bits per heavy atom. The number of fused-ring (bicyclic) bond motifs is 1. The van der Waals surface area contributed by atoms with Crippen molar-refractivity contribution in [1.29, 1.82) is 0 Å². The van der Waals surface area contributed by atoms with E-state index in [1.165, 1.54) is 0 Å². The van der Waals surface area contributed by atoms with Crippen LogP contribution in [-0.2, 0) is 16.2 Å². The number of halogens is 3. The van der Waals surface area contributed by atoms with Crippen LogP contribution in [0.3, 0.4) is 0 Å². The maximum atomic E-state index is 13.0. The highest BCUT2D eigenvalue weighted by Gasteiger charge is 2.35. The number of benzene rings is 2.